The van der Waals surface area contributed by atoms with E-state index in [1.165, 1.54) is 12.4 Å². The summed E-state index contributed by atoms with van der Waals surface area (Å²) in [5.74, 6) is 0.535. The van der Waals surface area contributed by atoms with Crippen molar-refractivity contribution in [3.05, 3.63) is 30.1 Å². The molecule has 8 nitrogen and oxygen atoms in total. The predicted octanol–water partition coefficient (Wildman–Crippen LogP) is 2.95. The number of alkyl halides is 3. The van der Waals surface area contributed by atoms with E-state index in [9.17, 15) is 22.8 Å². The van der Waals surface area contributed by atoms with Crippen molar-refractivity contribution in [2.24, 2.45) is 5.92 Å². The summed E-state index contributed by atoms with van der Waals surface area (Å²) >= 11 is 0. The van der Waals surface area contributed by atoms with Crippen LogP contribution in [0.15, 0.2) is 24.5 Å². The molecule has 4 rings (SSSR count). The fourth-order valence-corrected chi connectivity index (χ4v) is 4.96. The van der Waals surface area contributed by atoms with E-state index < -0.39 is 11.7 Å². The van der Waals surface area contributed by atoms with Gasteiger partial charge >= 0.3 is 6.18 Å². The monoisotopic (exact) mass is 492 g/mol. The molecule has 2 fully saturated rings. The first-order chi connectivity index (χ1) is 16.7. The predicted molar refractivity (Wildman–Crippen MR) is 126 cm³/mol. The lowest BCUT2D eigenvalue weighted by Crippen LogP contribution is -2.63. The molecule has 190 valence electrons. The van der Waals surface area contributed by atoms with Gasteiger partial charge in [-0.3, -0.25) is 14.5 Å². The van der Waals surface area contributed by atoms with Gasteiger partial charge in [-0.15, -0.1) is 0 Å². The molecule has 0 spiro atoms. The highest BCUT2D eigenvalue weighted by Gasteiger charge is 2.35. The minimum atomic E-state index is -4.47. The van der Waals surface area contributed by atoms with Crippen molar-refractivity contribution < 1.29 is 22.8 Å². The van der Waals surface area contributed by atoms with Crippen LogP contribution < -0.4 is 16.0 Å². The lowest BCUT2D eigenvalue weighted by atomic mass is 9.82. The van der Waals surface area contributed by atoms with Crippen molar-refractivity contribution in [2.45, 2.75) is 57.3 Å². The maximum atomic E-state index is 13.1. The average molecular weight is 493 g/mol. The molecular formula is C24H31F3N6O2. The summed E-state index contributed by atoms with van der Waals surface area (Å²) in [5.41, 5.74) is -0.425. The Morgan fingerprint density at radius 1 is 1.09 bits per heavy atom. The van der Waals surface area contributed by atoms with Crippen molar-refractivity contribution in [2.75, 3.05) is 31.5 Å². The molecule has 2 aliphatic rings. The standard InChI is InChI=1S/C24H31F3N6O2/c1-2-28-21(34)9-15-3-6-18(7-4-15)33-12-17(13-33)32-22(35)11-29-23-19-10-16(24(25,26)27)5-8-20(19)30-14-31-23/h5,8,10,14-15,17-18H,2-4,6-7,9,11-13H2,1H3,(H,28,34)(H,32,35)(H,29,30,31). The molecule has 1 aromatic heterocycles. The van der Waals surface area contributed by atoms with E-state index in [-0.39, 0.29) is 35.6 Å². The van der Waals surface area contributed by atoms with Gasteiger partial charge in [0, 0.05) is 37.5 Å². The fourth-order valence-electron chi connectivity index (χ4n) is 4.96. The Balaban J connectivity index is 1.21. The van der Waals surface area contributed by atoms with Crippen molar-refractivity contribution in [3.8, 4) is 0 Å². The zero-order chi connectivity index (χ0) is 25.0. The number of amides is 2. The molecule has 1 aliphatic heterocycles. The third kappa shape index (κ3) is 6.39. The summed E-state index contributed by atoms with van der Waals surface area (Å²) in [6.07, 6.45) is 1.60. The van der Waals surface area contributed by atoms with Crippen LogP contribution >= 0.6 is 0 Å². The highest BCUT2D eigenvalue weighted by molar-refractivity contribution is 5.91. The normalized spacial score (nSPS) is 21.4. The molecule has 1 saturated carbocycles. The lowest BCUT2D eigenvalue weighted by Gasteiger charge is -2.46. The number of hydrogen-bond donors (Lipinski definition) is 3. The number of halogens is 3. The molecule has 2 amide bonds. The number of carbonyl (C=O) groups is 2. The molecule has 2 heterocycles. The van der Waals surface area contributed by atoms with Crippen LogP contribution in [0, 0.1) is 5.92 Å². The van der Waals surface area contributed by atoms with E-state index in [0.29, 0.717) is 30.4 Å². The zero-order valence-corrected chi connectivity index (χ0v) is 19.7. The number of rotatable bonds is 8. The number of carbonyl (C=O) groups excluding carboxylic acids is 2. The summed E-state index contributed by atoms with van der Waals surface area (Å²) < 4.78 is 39.2. The maximum absolute atomic E-state index is 13.1. The summed E-state index contributed by atoms with van der Waals surface area (Å²) in [4.78, 5) is 34.6. The molecule has 0 radical (unpaired) electrons. The van der Waals surface area contributed by atoms with Crippen LogP contribution in [0.2, 0.25) is 0 Å². The Hall–Kier alpha value is -2.95. The molecule has 3 N–H and O–H groups in total. The zero-order valence-electron chi connectivity index (χ0n) is 19.7. The van der Waals surface area contributed by atoms with Gasteiger partial charge in [-0.1, -0.05) is 0 Å². The first kappa shape index (κ1) is 25.2. The Kier molecular flexibility index (Phi) is 7.73. The van der Waals surface area contributed by atoms with Crippen LogP contribution in [0.1, 0.15) is 44.6 Å². The first-order valence-electron chi connectivity index (χ1n) is 12.1. The number of nitrogens with one attached hydrogen (secondary N) is 3. The number of likely N-dealkylation sites (tertiary alicyclic amines) is 1. The van der Waals surface area contributed by atoms with Crippen molar-refractivity contribution in [3.63, 3.8) is 0 Å². The molecule has 2 aromatic rings. The highest BCUT2D eigenvalue weighted by atomic mass is 19.4. The van der Waals surface area contributed by atoms with E-state index in [4.69, 9.17) is 0 Å². The van der Waals surface area contributed by atoms with Gasteiger partial charge in [-0.25, -0.2) is 9.97 Å². The van der Waals surface area contributed by atoms with Gasteiger partial charge in [0.05, 0.1) is 23.7 Å². The van der Waals surface area contributed by atoms with Gasteiger partial charge in [-0.2, -0.15) is 13.2 Å². The van der Waals surface area contributed by atoms with Crippen molar-refractivity contribution in [1.29, 1.82) is 0 Å². The summed E-state index contributed by atoms with van der Waals surface area (Å²) in [6.45, 7) is 4.06. The van der Waals surface area contributed by atoms with Gasteiger partial charge in [0.15, 0.2) is 0 Å². The molecule has 1 aromatic carbocycles. The second kappa shape index (κ2) is 10.8. The number of nitrogens with zero attached hydrogens (tertiary/aromatic N) is 3. The Labute approximate surface area is 202 Å². The largest absolute Gasteiger partial charge is 0.416 e. The topological polar surface area (TPSA) is 99.2 Å². The smallest absolute Gasteiger partial charge is 0.360 e. The average Bonchev–Trinajstić information content (AvgIpc) is 2.79. The second-order valence-electron chi connectivity index (χ2n) is 9.36. The van der Waals surface area contributed by atoms with E-state index in [1.807, 2.05) is 6.92 Å². The van der Waals surface area contributed by atoms with Gasteiger partial charge in [-0.05, 0) is 56.7 Å². The van der Waals surface area contributed by atoms with E-state index in [0.717, 1.165) is 50.9 Å². The van der Waals surface area contributed by atoms with Gasteiger partial charge in [0.2, 0.25) is 11.8 Å². The Bertz CT molecular complexity index is 1050. The van der Waals surface area contributed by atoms with Crippen molar-refractivity contribution in [1.82, 2.24) is 25.5 Å². The quantitative estimate of drug-likeness (QED) is 0.524. The SMILES string of the molecule is CCNC(=O)CC1CCC(N2CC(NC(=O)CNc3ncnc4ccc(C(F)(F)F)cc34)C2)CC1. The van der Waals surface area contributed by atoms with E-state index >= 15 is 0 Å². The number of aromatic nitrogens is 2. The molecule has 1 saturated heterocycles. The summed E-state index contributed by atoms with van der Waals surface area (Å²) in [5, 5.41) is 8.90. The fraction of sp³-hybridized carbons (Fsp3) is 0.583. The third-order valence-corrected chi connectivity index (χ3v) is 6.83. The minimum Gasteiger partial charge on any atom is -0.360 e. The van der Waals surface area contributed by atoms with Crippen LogP contribution in [-0.4, -0.2) is 64.9 Å². The number of hydrogen-bond acceptors (Lipinski definition) is 6. The van der Waals surface area contributed by atoms with Crippen LogP contribution in [-0.2, 0) is 15.8 Å². The maximum Gasteiger partial charge on any atom is 0.416 e. The number of anilines is 1. The molecule has 11 heteroatoms. The number of benzene rings is 1. The van der Waals surface area contributed by atoms with Gasteiger partial charge < -0.3 is 16.0 Å². The number of fused-ring (bicyclic) bond motifs is 1. The second-order valence-corrected chi connectivity index (χ2v) is 9.36. The van der Waals surface area contributed by atoms with E-state index in [1.54, 1.807) is 0 Å². The Morgan fingerprint density at radius 2 is 1.83 bits per heavy atom. The summed E-state index contributed by atoms with van der Waals surface area (Å²) in [6, 6.07) is 3.80. The Morgan fingerprint density at radius 3 is 2.51 bits per heavy atom. The van der Waals surface area contributed by atoms with E-state index in [2.05, 4.69) is 30.8 Å². The molecular weight excluding hydrogens is 461 g/mol. The molecule has 0 atom stereocenters. The van der Waals surface area contributed by atoms with Gasteiger partial charge in [0.1, 0.15) is 12.1 Å². The third-order valence-electron chi connectivity index (χ3n) is 6.83. The first-order valence-corrected chi connectivity index (χ1v) is 12.1. The van der Waals surface area contributed by atoms with Gasteiger partial charge in [0.25, 0.3) is 0 Å². The molecule has 0 unspecified atom stereocenters. The molecule has 0 bridgehead atoms. The van der Waals surface area contributed by atoms with Crippen LogP contribution in [0.5, 0.6) is 0 Å². The lowest BCUT2D eigenvalue weighted by molar-refractivity contribution is -0.137. The molecule has 1 aliphatic carbocycles. The van der Waals surface area contributed by atoms with Crippen LogP contribution in [0.25, 0.3) is 10.9 Å². The van der Waals surface area contributed by atoms with Crippen LogP contribution in [0.4, 0.5) is 19.0 Å². The van der Waals surface area contributed by atoms with Crippen molar-refractivity contribution >= 4 is 28.5 Å². The minimum absolute atomic E-state index is 0.0522. The summed E-state index contributed by atoms with van der Waals surface area (Å²) in [7, 11) is 0. The van der Waals surface area contributed by atoms with Crippen LogP contribution in [0.3, 0.4) is 0 Å². The highest BCUT2D eigenvalue weighted by Crippen LogP contribution is 2.33. The molecule has 35 heavy (non-hydrogen) atoms.